The second kappa shape index (κ2) is 5.47. The molecule has 3 heterocycles. The third-order valence-corrected chi connectivity index (χ3v) is 3.92. The van der Waals surface area contributed by atoms with Gasteiger partial charge in [0.25, 0.3) is 0 Å². The normalized spacial score (nSPS) is 30.9. The van der Waals surface area contributed by atoms with E-state index in [0.29, 0.717) is 0 Å². The minimum absolute atomic E-state index is 0.0795. The van der Waals surface area contributed by atoms with Crippen LogP contribution in [0.5, 0.6) is 0 Å². The molecule has 7 N–H and O–H groups in total. The zero-order valence-electron chi connectivity index (χ0n) is 11.9. The Hall–Kier alpha value is -2.18. The van der Waals surface area contributed by atoms with Crippen LogP contribution in [0.2, 0.25) is 0 Å². The lowest BCUT2D eigenvalue weighted by Crippen LogP contribution is -2.53. The highest BCUT2D eigenvalue weighted by Crippen LogP contribution is 2.38. The van der Waals surface area contributed by atoms with Crippen LogP contribution >= 0.6 is 0 Å². The predicted octanol–water partition coefficient (Wildman–Crippen LogP) is -3.30. The number of aromatic nitrogens is 4. The molecule has 0 bridgehead atoms. The predicted molar refractivity (Wildman–Crippen MR) is 75.7 cm³/mol. The van der Waals surface area contributed by atoms with Crippen LogP contribution in [0.3, 0.4) is 0 Å². The number of carbonyl (C=O) groups excluding carboxylic acids is 1. The minimum atomic E-state index is -2.06. The van der Waals surface area contributed by atoms with Gasteiger partial charge in [-0.1, -0.05) is 0 Å². The zero-order chi connectivity index (χ0) is 16.8. The molecule has 1 fully saturated rings. The van der Waals surface area contributed by atoms with Crippen LogP contribution in [-0.4, -0.2) is 72.1 Å². The number of Topliss-reactive ketones (excluding diaryl/α,β-unsaturated/α-hetero) is 1. The van der Waals surface area contributed by atoms with E-state index >= 15 is 0 Å². The Morgan fingerprint density at radius 1 is 1.39 bits per heavy atom. The molecule has 0 aromatic carbocycles. The average molecular weight is 324 g/mol. The Bertz CT molecular complexity index is 751. The van der Waals surface area contributed by atoms with Crippen molar-refractivity contribution in [1.82, 2.24) is 19.5 Å². The van der Waals surface area contributed by atoms with Crippen molar-refractivity contribution in [2.75, 3.05) is 18.9 Å². The van der Waals surface area contributed by atoms with Gasteiger partial charge in [0.1, 0.15) is 36.5 Å². The van der Waals surface area contributed by atoms with Gasteiger partial charge in [0.05, 0.1) is 13.2 Å². The molecule has 0 amide bonds. The topological polar surface area (TPSA) is 183 Å². The van der Waals surface area contributed by atoms with Crippen LogP contribution in [0, 0.1) is 0 Å². The Labute approximate surface area is 129 Å². The molecule has 11 heteroatoms. The number of nitrogen functional groups attached to an aromatic ring is 1. The van der Waals surface area contributed by atoms with E-state index in [2.05, 4.69) is 15.0 Å². The molecule has 2 aromatic rings. The number of imidazole rings is 1. The molecule has 1 aliphatic heterocycles. The first-order valence-electron chi connectivity index (χ1n) is 6.79. The van der Waals surface area contributed by atoms with Gasteiger partial charge in [-0.25, -0.2) is 15.0 Å². The summed E-state index contributed by atoms with van der Waals surface area (Å²) >= 11 is 0. The summed E-state index contributed by atoms with van der Waals surface area (Å²) in [5, 5.41) is 29.8. The smallest absolute Gasteiger partial charge is 0.238 e. The number of rotatable bonds is 4. The Kier molecular flexibility index (Phi) is 3.74. The molecule has 2 aromatic heterocycles. The first-order chi connectivity index (χ1) is 11.0. The quantitative estimate of drug-likeness (QED) is 0.382. The van der Waals surface area contributed by atoms with E-state index in [9.17, 15) is 20.1 Å². The fourth-order valence-electron chi connectivity index (χ4n) is 2.76. The molecule has 23 heavy (non-hydrogen) atoms. The van der Waals surface area contributed by atoms with Crippen LogP contribution in [0.4, 0.5) is 5.82 Å². The van der Waals surface area contributed by atoms with E-state index in [0.717, 1.165) is 10.9 Å². The minimum Gasteiger partial charge on any atom is -0.394 e. The molecular formula is C12H16N6O5. The van der Waals surface area contributed by atoms with Crippen LogP contribution in [0.15, 0.2) is 12.7 Å². The number of aliphatic hydroxyl groups excluding tert-OH is 3. The lowest BCUT2D eigenvalue weighted by molar-refractivity contribution is -0.172. The number of anilines is 1. The van der Waals surface area contributed by atoms with Crippen LogP contribution in [0.1, 0.15) is 0 Å². The van der Waals surface area contributed by atoms with Crippen molar-refractivity contribution in [2.45, 2.75) is 24.0 Å². The molecule has 4 atom stereocenters. The van der Waals surface area contributed by atoms with E-state index in [-0.39, 0.29) is 17.0 Å². The highest BCUT2D eigenvalue weighted by molar-refractivity contribution is 5.90. The number of ether oxygens (including phenoxy) is 1. The Morgan fingerprint density at radius 3 is 2.74 bits per heavy atom. The van der Waals surface area contributed by atoms with Crippen molar-refractivity contribution in [3.8, 4) is 0 Å². The third-order valence-electron chi connectivity index (χ3n) is 3.92. The molecule has 0 spiro atoms. The lowest BCUT2D eigenvalue weighted by atomic mass is 9.98. The Balaban J connectivity index is 2.24. The van der Waals surface area contributed by atoms with Gasteiger partial charge in [-0.3, -0.25) is 9.36 Å². The van der Waals surface area contributed by atoms with Crippen LogP contribution in [-0.2, 0) is 15.3 Å². The molecule has 3 rings (SSSR count). The van der Waals surface area contributed by atoms with Crippen molar-refractivity contribution in [1.29, 1.82) is 0 Å². The summed E-state index contributed by atoms with van der Waals surface area (Å²) < 4.78 is 6.66. The standard InChI is InChI=1S/C12H16N6O5/c13-1-6(20)12(9(22)8(21)5(2-19)23-12)18-4-17-7-10(14)15-3-16-11(7)18/h3-5,8-9,19,21-22H,1-2,13H2,(H2,14,15,16)/t5-,8-,9-,12-/m1/s1. The largest absolute Gasteiger partial charge is 0.394 e. The number of aliphatic hydroxyl groups is 3. The van der Waals surface area contributed by atoms with Gasteiger partial charge in [0, 0.05) is 0 Å². The fraction of sp³-hybridized carbons (Fsp3) is 0.500. The van der Waals surface area contributed by atoms with Gasteiger partial charge >= 0.3 is 0 Å². The number of nitrogens with zero attached hydrogens (tertiary/aromatic N) is 4. The molecular weight excluding hydrogens is 308 g/mol. The second-order valence-corrected chi connectivity index (χ2v) is 5.14. The number of hydrogen-bond donors (Lipinski definition) is 5. The van der Waals surface area contributed by atoms with Crippen molar-refractivity contribution < 1.29 is 24.9 Å². The SMILES string of the molecule is NCC(=O)[C@@]1(n2cnc3c(N)ncnc32)O[C@H](CO)[C@@H](O)[C@H]1O. The molecule has 0 radical (unpaired) electrons. The number of carbonyl (C=O) groups is 1. The molecule has 1 saturated heterocycles. The summed E-state index contributed by atoms with van der Waals surface area (Å²) in [6.45, 7) is -1.07. The lowest BCUT2D eigenvalue weighted by Gasteiger charge is -2.31. The molecule has 11 nitrogen and oxygen atoms in total. The highest BCUT2D eigenvalue weighted by Gasteiger charge is 2.60. The van der Waals surface area contributed by atoms with Crippen molar-refractivity contribution >= 4 is 22.8 Å². The first-order valence-corrected chi connectivity index (χ1v) is 6.79. The van der Waals surface area contributed by atoms with Gasteiger partial charge in [-0.2, -0.15) is 0 Å². The number of ketones is 1. The van der Waals surface area contributed by atoms with E-state index < -0.39 is 43.0 Å². The molecule has 124 valence electrons. The maximum Gasteiger partial charge on any atom is 0.238 e. The van der Waals surface area contributed by atoms with Gasteiger partial charge in [-0.15, -0.1) is 0 Å². The monoisotopic (exact) mass is 324 g/mol. The number of hydrogen-bond acceptors (Lipinski definition) is 10. The number of fused-ring (bicyclic) bond motifs is 1. The molecule has 1 aliphatic rings. The second-order valence-electron chi connectivity index (χ2n) is 5.14. The summed E-state index contributed by atoms with van der Waals surface area (Å²) in [7, 11) is 0. The Morgan fingerprint density at radius 2 is 2.13 bits per heavy atom. The van der Waals surface area contributed by atoms with Gasteiger partial charge in [0.15, 0.2) is 11.5 Å². The fourth-order valence-corrected chi connectivity index (χ4v) is 2.76. The third kappa shape index (κ3) is 2.02. The maximum absolute atomic E-state index is 12.5. The van der Waals surface area contributed by atoms with Crippen molar-refractivity contribution in [3.63, 3.8) is 0 Å². The van der Waals surface area contributed by atoms with E-state index in [1.54, 1.807) is 0 Å². The van der Waals surface area contributed by atoms with Gasteiger partial charge < -0.3 is 31.5 Å². The molecule has 0 aliphatic carbocycles. The molecule has 0 unspecified atom stereocenters. The average Bonchev–Trinajstić information content (AvgIpc) is 3.09. The first kappa shape index (κ1) is 15.7. The summed E-state index contributed by atoms with van der Waals surface area (Å²) in [4.78, 5) is 24.3. The van der Waals surface area contributed by atoms with Crippen LogP contribution < -0.4 is 11.5 Å². The summed E-state index contributed by atoms with van der Waals surface area (Å²) in [6, 6.07) is 0. The number of nitrogens with two attached hydrogens (primary N) is 2. The summed E-state index contributed by atoms with van der Waals surface area (Å²) in [5.74, 6) is -0.632. The summed E-state index contributed by atoms with van der Waals surface area (Å²) in [5.41, 5.74) is 9.42. The van der Waals surface area contributed by atoms with E-state index in [4.69, 9.17) is 16.2 Å². The van der Waals surface area contributed by atoms with E-state index in [1.807, 2.05) is 0 Å². The van der Waals surface area contributed by atoms with Crippen molar-refractivity contribution in [2.24, 2.45) is 5.73 Å². The van der Waals surface area contributed by atoms with Gasteiger partial charge in [-0.05, 0) is 0 Å². The van der Waals surface area contributed by atoms with Crippen LogP contribution in [0.25, 0.3) is 11.2 Å². The maximum atomic E-state index is 12.5. The summed E-state index contributed by atoms with van der Waals surface area (Å²) in [6.07, 6.45) is -1.98. The van der Waals surface area contributed by atoms with Crippen molar-refractivity contribution in [3.05, 3.63) is 12.7 Å². The highest BCUT2D eigenvalue weighted by atomic mass is 16.6. The molecule has 0 saturated carbocycles. The van der Waals surface area contributed by atoms with Gasteiger partial charge in [0.2, 0.25) is 11.5 Å². The zero-order valence-corrected chi connectivity index (χ0v) is 11.9. The van der Waals surface area contributed by atoms with E-state index in [1.165, 1.54) is 6.33 Å².